The highest BCUT2D eigenvalue weighted by molar-refractivity contribution is 7.99. The smallest absolute Gasteiger partial charge is 0.338 e. The monoisotopic (exact) mass is 426 g/mol. The number of urea groups is 1. The molecular formula is C22H26N4O3S. The molecule has 2 aliphatic rings. The minimum absolute atomic E-state index is 0.132. The largest absolute Gasteiger partial charge is 0.466 e. The molecule has 0 saturated heterocycles. The fourth-order valence-corrected chi connectivity index (χ4v) is 4.78. The maximum absolute atomic E-state index is 13.1. The van der Waals surface area contributed by atoms with Crippen LogP contribution in [0.1, 0.15) is 37.8 Å². The van der Waals surface area contributed by atoms with Gasteiger partial charge in [-0.05, 0) is 24.8 Å². The van der Waals surface area contributed by atoms with Crippen molar-refractivity contribution in [1.29, 1.82) is 0 Å². The predicted molar refractivity (Wildman–Crippen MR) is 115 cm³/mol. The zero-order valence-electron chi connectivity index (χ0n) is 17.2. The van der Waals surface area contributed by atoms with E-state index in [4.69, 9.17) is 4.74 Å². The third-order valence-corrected chi connectivity index (χ3v) is 6.32. The quantitative estimate of drug-likeness (QED) is 0.514. The second-order valence-electron chi connectivity index (χ2n) is 7.44. The van der Waals surface area contributed by atoms with Crippen LogP contribution in [0, 0.1) is 0 Å². The molecule has 1 aliphatic heterocycles. The van der Waals surface area contributed by atoms with Crippen LogP contribution in [0.2, 0.25) is 0 Å². The van der Waals surface area contributed by atoms with Crippen molar-refractivity contribution in [3.05, 3.63) is 59.6 Å². The van der Waals surface area contributed by atoms with Crippen LogP contribution < -0.4 is 5.32 Å². The second kappa shape index (κ2) is 8.95. The number of benzene rings is 1. The molecule has 158 valence electrons. The van der Waals surface area contributed by atoms with Crippen molar-refractivity contribution in [2.24, 2.45) is 0 Å². The highest BCUT2D eigenvalue weighted by Crippen LogP contribution is 2.39. The Morgan fingerprint density at radius 3 is 2.73 bits per heavy atom. The number of carbonyl (C=O) groups is 2. The summed E-state index contributed by atoms with van der Waals surface area (Å²) in [7, 11) is 1.38. The summed E-state index contributed by atoms with van der Waals surface area (Å²) in [6, 6.07) is 8.99. The molecule has 1 atom stereocenters. The van der Waals surface area contributed by atoms with Gasteiger partial charge in [0.2, 0.25) is 0 Å². The van der Waals surface area contributed by atoms with Gasteiger partial charge in [-0.25, -0.2) is 14.6 Å². The number of thioether (sulfide) groups is 1. The number of ether oxygens (including phenoxy) is 1. The number of methoxy groups -OCH3 is 1. The van der Waals surface area contributed by atoms with E-state index in [9.17, 15) is 9.59 Å². The van der Waals surface area contributed by atoms with Gasteiger partial charge in [-0.2, -0.15) is 0 Å². The number of amides is 2. The van der Waals surface area contributed by atoms with Gasteiger partial charge in [0.25, 0.3) is 0 Å². The lowest BCUT2D eigenvalue weighted by molar-refractivity contribution is -0.136. The molecule has 1 aromatic heterocycles. The number of rotatable bonds is 8. The molecule has 0 spiro atoms. The summed E-state index contributed by atoms with van der Waals surface area (Å²) in [5, 5.41) is 3.90. The van der Waals surface area contributed by atoms with Crippen molar-refractivity contribution in [2.45, 2.75) is 50.0 Å². The average molecular weight is 427 g/mol. The van der Waals surface area contributed by atoms with E-state index in [0.717, 1.165) is 42.2 Å². The van der Waals surface area contributed by atoms with Crippen LogP contribution in [-0.4, -0.2) is 45.4 Å². The molecule has 8 heteroatoms. The molecule has 0 bridgehead atoms. The Kier molecular flexibility index (Phi) is 6.13. The van der Waals surface area contributed by atoms with Crippen molar-refractivity contribution >= 4 is 23.8 Å². The zero-order chi connectivity index (χ0) is 21.1. The standard InChI is InChI=1S/C22H26N4O3S/c1-3-12-25-13-11-23-22(25)30-14-17-18(20(27)29-2)19(15-7-5-4-6-8-15)24-21(28)26(17)16-9-10-16/h4-8,11,13,16,19H,3,9-10,12,14H2,1-2H3,(H,24,28). The predicted octanol–water partition coefficient (Wildman–Crippen LogP) is 3.74. The third-order valence-electron chi connectivity index (χ3n) is 5.31. The van der Waals surface area contributed by atoms with Crippen LogP contribution in [0.25, 0.3) is 0 Å². The summed E-state index contributed by atoms with van der Waals surface area (Å²) in [5.74, 6) is 0.0558. The molecule has 1 aliphatic carbocycles. The molecular weight excluding hydrogens is 400 g/mol. The summed E-state index contributed by atoms with van der Waals surface area (Å²) in [6.07, 6.45) is 6.63. The van der Waals surface area contributed by atoms with Gasteiger partial charge in [-0.15, -0.1) is 0 Å². The highest BCUT2D eigenvalue weighted by atomic mass is 32.2. The van der Waals surface area contributed by atoms with Gasteiger partial charge >= 0.3 is 12.0 Å². The second-order valence-corrected chi connectivity index (χ2v) is 8.38. The molecule has 7 nitrogen and oxygen atoms in total. The van der Waals surface area contributed by atoms with Crippen LogP contribution in [0.5, 0.6) is 0 Å². The highest BCUT2D eigenvalue weighted by Gasteiger charge is 2.44. The van der Waals surface area contributed by atoms with E-state index < -0.39 is 12.0 Å². The van der Waals surface area contributed by atoms with Gasteiger partial charge < -0.3 is 14.6 Å². The summed E-state index contributed by atoms with van der Waals surface area (Å²) in [6.45, 7) is 3.00. The minimum atomic E-state index is -0.535. The maximum atomic E-state index is 13.1. The number of nitrogens with zero attached hydrogens (tertiary/aromatic N) is 3. The summed E-state index contributed by atoms with van der Waals surface area (Å²) < 4.78 is 7.25. The molecule has 1 unspecified atom stereocenters. The maximum Gasteiger partial charge on any atom is 0.338 e. The molecule has 1 N–H and O–H groups in total. The van der Waals surface area contributed by atoms with E-state index in [-0.39, 0.29) is 12.1 Å². The zero-order valence-corrected chi connectivity index (χ0v) is 18.0. The lowest BCUT2D eigenvalue weighted by Gasteiger charge is -2.36. The first-order valence-electron chi connectivity index (χ1n) is 10.2. The molecule has 1 fully saturated rings. The number of hydrogen-bond acceptors (Lipinski definition) is 5. The number of aryl methyl sites for hydroxylation is 1. The van der Waals surface area contributed by atoms with Crippen molar-refractivity contribution in [2.75, 3.05) is 12.9 Å². The molecule has 1 aromatic carbocycles. The Morgan fingerprint density at radius 1 is 1.30 bits per heavy atom. The van der Waals surface area contributed by atoms with Gasteiger partial charge in [0.05, 0.1) is 18.7 Å². The van der Waals surface area contributed by atoms with Gasteiger partial charge in [0.1, 0.15) is 0 Å². The Balaban J connectivity index is 1.74. The summed E-state index contributed by atoms with van der Waals surface area (Å²) in [5.41, 5.74) is 2.07. The number of hydrogen-bond donors (Lipinski definition) is 1. The van der Waals surface area contributed by atoms with Crippen molar-refractivity contribution in [1.82, 2.24) is 19.8 Å². The first-order valence-corrected chi connectivity index (χ1v) is 11.2. The number of imidazole rings is 1. The summed E-state index contributed by atoms with van der Waals surface area (Å²) in [4.78, 5) is 32.2. The number of esters is 1. The van der Waals surface area contributed by atoms with Gasteiger partial charge in [0, 0.05) is 36.4 Å². The lowest BCUT2D eigenvalue weighted by Crippen LogP contribution is -2.50. The van der Waals surface area contributed by atoms with Crippen LogP contribution >= 0.6 is 11.8 Å². The Bertz CT molecular complexity index is 952. The van der Waals surface area contributed by atoms with E-state index in [0.29, 0.717) is 11.3 Å². The van der Waals surface area contributed by atoms with E-state index in [1.165, 1.54) is 7.11 Å². The van der Waals surface area contributed by atoms with Crippen LogP contribution in [0.3, 0.4) is 0 Å². The first kappa shape index (κ1) is 20.5. The molecule has 2 aromatic rings. The van der Waals surface area contributed by atoms with Gasteiger partial charge in [-0.3, -0.25) is 4.90 Å². The lowest BCUT2D eigenvalue weighted by atomic mass is 9.95. The fraction of sp³-hybridized carbons (Fsp3) is 0.409. The Labute approximate surface area is 180 Å². The van der Waals surface area contributed by atoms with Crippen molar-refractivity contribution in [3.8, 4) is 0 Å². The van der Waals surface area contributed by atoms with E-state index >= 15 is 0 Å². The van der Waals surface area contributed by atoms with Crippen molar-refractivity contribution in [3.63, 3.8) is 0 Å². The van der Waals surface area contributed by atoms with Gasteiger partial charge in [-0.1, -0.05) is 49.0 Å². The van der Waals surface area contributed by atoms with Crippen LogP contribution in [0.15, 0.2) is 59.2 Å². The topological polar surface area (TPSA) is 76.5 Å². The number of carbonyl (C=O) groups excluding carboxylic acids is 2. The Hall–Kier alpha value is -2.74. The first-order chi connectivity index (χ1) is 14.6. The molecule has 2 heterocycles. The SMILES string of the molecule is CCCn1ccnc1SCC1=C(C(=O)OC)C(c2ccccc2)NC(=O)N1C1CC1. The van der Waals surface area contributed by atoms with Crippen LogP contribution in [0.4, 0.5) is 4.79 Å². The Morgan fingerprint density at radius 2 is 2.07 bits per heavy atom. The molecule has 0 radical (unpaired) electrons. The number of aromatic nitrogens is 2. The van der Waals surface area contributed by atoms with E-state index in [1.54, 1.807) is 22.9 Å². The average Bonchev–Trinajstić information content (AvgIpc) is 3.51. The number of nitrogens with one attached hydrogen (secondary N) is 1. The molecule has 1 saturated carbocycles. The van der Waals surface area contributed by atoms with Gasteiger partial charge in [0.15, 0.2) is 5.16 Å². The summed E-state index contributed by atoms with van der Waals surface area (Å²) >= 11 is 1.54. The molecule has 4 rings (SSSR count). The molecule has 2 amide bonds. The van der Waals surface area contributed by atoms with Crippen molar-refractivity contribution < 1.29 is 14.3 Å². The third kappa shape index (κ3) is 4.09. The minimum Gasteiger partial charge on any atom is -0.466 e. The fourth-order valence-electron chi connectivity index (χ4n) is 3.77. The van der Waals surface area contributed by atoms with Crippen LogP contribution in [-0.2, 0) is 16.1 Å². The molecule has 30 heavy (non-hydrogen) atoms. The van der Waals surface area contributed by atoms with E-state index in [2.05, 4.69) is 21.8 Å². The van der Waals surface area contributed by atoms with E-state index in [1.807, 2.05) is 36.5 Å². The normalized spacial score (nSPS) is 19.1.